The van der Waals surface area contributed by atoms with Crippen molar-refractivity contribution in [1.82, 2.24) is 0 Å². The first-order valence-corrected chi connectivity index (χ1v) is 8.41. The van der Waals surface area contributed by atoms with Gasteiger partial charge in [0, 0.05) is 11.6 Å². The number of hydrogen-bond acceptors (Lipinski definition) is 5. The van der Waals surface area contributed by atoms with Gasteiger partial charge in [-0.2, -0.15) is 8.78 Å². The number of benzene rings is 2. The monoisotopic (exact) mass is 370 g/mol. The summed E-state index contributed by atoms with van der Waals surface area (Å²) in [7, 11) is -4.90. The second kappa shape index (κ2) is 7.34. The van der Waals surface area contributed by atoms with Crippen LogP contribution in [0.15, 0.2) is 53.4 Å². The number of halogens is 2. The number of nitro groups is 1. The first-order chi connectivity index (χ1) is 11.7. The van der Waals surface area contributed by atoms with Gasteiger partial charge in [0.2, 0.25) is 15.7 Å². The third kappa shape index (κ3) is 4.15. The lowest BCUT2D eigenvalue weighted by atomic mass is 10.1. The van der Waals surface area contributed by atoms with Crippen molar-refractivity contribution in [3.8, 4) is 0 Å². The fraction of sp³-hybridized carbons (Fsp3) is 0.133. The lowest BCUT2D eigenvalue weighted by Gasteiger charge is -2.11. The number of hydrogen-bond donors (Lipinski definition) is 1. The van der Waals surface area contributed by atoms with E-state index >= 15 is 0 Å². The Morgan fingerprint density at radius 3 is 2.36 bits per heavy atom. The second-order valence-electron chi connectivity index (χ2n) is 4.91. The van der Waals surface area contributed by atoms with Gasteiger partial charge in [0.1, 0.15) is 0 Å². The molecule has 0 heterocycles. The van der Waals surface area contributed by atoms with E-state index in [1.807, 2.05) is 0 Å². The third-order valence-electron chi connectivity index (χ3n) is 3.24. The maximum Gasteiger partial charge on any atom is 0.341 e. The molecule has 0 fully saturated rings. The zero-order chi connectivity index (χ0) is 18.6. The number of nitro benzene ring substituents is 1. The van der Waals surface area contributed by atoms with Gasteiger partial charge in [0.15, 0.2) is 0 Å². The molecule has 0 radical (unpaired) electrons. The first kappa shape index (κ1) is 18.5. The van der Waals surface area contributed by atoms with Gasteiger partial charge in [-0.3, -0.25) is 14.9 Å². The predicted octanol–water partition coefficient (Wildman–Crippen LogP) is 2.77. The van der Waals surface area contributed by atoms with E-state index in [0.29, 0.717) is 0 Å². The number of carbonyl (C=O) groups is 1. The predicted molar refractivity (Wildman–Crippen MR) is 85.1 cm³/mol. The Kier molecular flexibility index (Phi) is 5.42. The molecular weight excluding hydrogens is 358 g/mol. The van der Waals surface area contributed by atoms with Crippen molar-refractivity contribution < 1.29 is 26.9 Å². The number of amides is 1. The SMILES string of the molecule is O=C(Cc1ccccc1[N+](=O)[O-])Nc1ccccc1S(=O)(=O)C(F)F. The van der Waals surface area contributed by atoms with E-state index in [9.17, 15) is 32.1 Å². The summed E-state index contributed by atoms with van der Waals surface area (Å²) in [6.07, 6.45) is -0.416. The standard InChI is InChI=1S/C15H12F2N2O5S/c16-15(17)25(23,24)13-8-4-2-6-11(13)18-14(20)9-10-5-1-3-7-12(10)19(21)22/h1-8,15H,9H2,(H,18,20). The lowest BCUT2D eigenvalue weighted by Crippen LogP contribution is -2.19. The molecule has 0 saturated heterocycles. The van der Waals surface area contributed by atoms with E-state index in [-0.39, 0.29) is 16.9 Å². The molecule has 2 aromatic carbocycles. The summed E-state index contributed by atoms with van der Waals surface area (Å²) in [6, 6.07) is 10.2. The van der Waals surface area contributed by atoms with Crippen LogP contribution >= 0.6 is 0 Å². The molecule has 0 aromatic heterocycles. The molecule has 1 amide bonds. The topological polar surface area (TPSA) is 106 Å². The van der Waals surface area contributed by atoms with Crippen molar-refractivity contribution in [3.63, 3.8) is 0 Å². The maximum atomic E-state index is 12.7. The quantitative estimate of drug-likeness (QED) is 0.622. The maximum absolute atomic E-state index is 12.7. The Labute approximate surface area is 141 Å². The largest absolute Gasteiger partial charge is 0.341 e. The van der Waals surface area contributed by atoms with Crippen molar-refractivity contribution in [1.29, 1.82) is 0 Å². The normalized spacial score (nSPS) is 11.3. The number of para-hydroxylation sites is 2. The number of nitrogens with zero attached hydrogens (tertiary/aromatic N) is 1. The zero-order valence-corrected chi connectivity index (χ0v) is 13.4. The summed E-state index contributed by atoms with van der Waals surface area (Å²) in [5.74, 6) is -4.41. The van der Waals surface area contributed by atoms with Crippen LogP contribution in [0.5, 0.6) is 0 Å². The highest BCUT2D eigenvalue weighted by Gasteiger charge is 2.29. The highest BCUT2D eigenvalue weighted by molar-refractivity contribution is 7.91. The number of rotatable bonds is 6. The molecule has 0 aliphatic carbocycles. The summed E-state index contributed by atoms with van der Waals surface area (Å²) in [5.41, 5.74) is -0.475. The van der Waals surface area contributed by atoms with Crippen LogP contribution in [-0.4, -0.2) is 25.0 Å². The number of sulfone groups is 1. The molecule has 10 heteroatoms. The lowest BCUT2D eigenvalue weighted by molar-refractivity contribution is -0.385. The molecule has 0 saturated carbocycles. The average molecular weight is 370 g/mol. The van der Waals surface area contributed by atoms with Crippen molar-refractivity contribution in [2.24, 2.45) is 0 Å². The van der Waals surface area contributed by atoms with Crippen LogP contribution in [0.2, 0.25) is 0 Å². The van der Waals surface area contributed by atoms with Gasteiger partial charge in [-0.25, -0.2) is 8.42 Å². The molecule has 2 rings (SSSR count). The Balaban J connectivity index is 2.28. The van der Waals surface area contributed by atoms with Crippen LogP contribution < -0.4 is 5.32 Å². The molecule has 0 spiro atoms. The first-order valence-electron chi connectivity index (χ1n) is 6.86. The van der Waals surface area contributed by atoms with Crippen molar-refractivity contribution in [2.75, 3.05) is 5.32 Å². The van der Waals surface area contributed by atoms with Crippen LogP contribution in [0, 0.1) is 10.1 Å². The van der Waals surface area contributed by atoms with E-state index in [0.717, 1.165) is 12.1 Å². The van der Waals surface area contributed by atoms with Crippen LogP contribution in [-0.2, 0) is 21.1 Å². The van der Waals surface area contributed by atoms with Gasteiger partial charge < -0.3 is 5.32 Å². The third-order valence-corrected chi connectivity index (χ3v) is 4.68. The van der Waals surface area contributed by atoms with Gasteiger partial charge in [0.25, 0.3) is 5.69 Å². The van der Waals surface area contributed by atoms with Gasteiger partial charge in [0.05, 0.1) is 21.9 Å². The summed E-state index contributed by atoms with van der Waals surface area (Å²) in [5, 5.41) is 13.1. The Morgan fingerprint density at radius 2 is 1.72 bits per heavy atom. The van der Waals surface area contributed by atoms with Crippen LogP contribution in [0.3, 0.4) is 0 Å². The minimum absolute atomic E-state index is 0.110. The smallest absolute Gasteiger partial charge is 0.325 e. The molecule has 25 heavy (non-hydrogen) atoms. The summed E-state index contributed by atoms with van der Waals surface area (Å²) < 4.78 is 48.7. The molecule has 0 bridgehead atoms. The van der Waals surface area contributed by atoms with Gasteiger partial charge in [-0.1, -0.05) is 30.3 Å². The fourth-order valence-corrected chi connectivity index (χ4v) is 3.01. The number of anilines is 1. The minimum atomic E-state index is -4.90. The average Bonchev–Trinajstić information content (AvgIpc) is 2.55. The van der Waals surface area contributed by atoms with E-state index < -0.39 is 37.7 Å². The second-order valence-corrected chi connectivity index (χ2v) is 6.80. The van der Waals surface area contributed by atoms with Crippen molar-refractivity contribution in [2.45, 2.75) is 17.1 Å². The Morgan fingerprint density at radius 1 is 1.12 bits per heavy atom. The van der Waals surface area contributed by atoms with Gasteiger partial charge in [-0.05, 0) is 12.1 Å². The number of nitrogens with one attached hydrogen (secondary N) is 1. The number of alkyl halides is 2. The molecule has 1 N–H and O–H groups in total. The van der Waals surface area contributed by atoms with Crippen LogP contribution in [0.1, 0.15) is 5.56 Å². The molecule has 132 valence electrons. The highest BCUT2D eigenvalue weighted by atomic mass is 32.2. The molecule has 0 aliphatic heterocycles. The molecule has 2 aromatic rings. The molecule has 0 unspecified atom stereocenters. The minimum Gasteiger partial charge on any atom is -0.325 e. The summed E-state index contributed by atoms with van der Waals surface area (Å²) in [4.78, 5) is 21.6. The molecule has 0 aliphatic rings. The van der Waals surface area contributed by atoms with Crippen molar-refractivity contribution in [3.05, 3.63) is 64.2 Å². The zero-order valence-electron chi connectivity index (χ0n) is 12.6. The fourth-order valence-electron chi connectivity index (χ4n) is 2.12. The highest BCUT2D eigenvalue weighted by Crippen LogP contribution is 2.26. The van der Waals surface area contributed by atoms with Crippen molar-refractivity contribution >= 4 is 27.1 Å². The van der Waals surface area contributed by atoms with E-state index in [1.54, 1.807) is 0 Å². The van der Waals surface area contributed by atoms with Crippen LogP contribution in [0.25, 0.3) is 0 Å². The van der Waals surface area contributed by atoms with Gasteiger partial charge >= 0.3 is 5.76 Å². The van der Waals surface area contributed by atoms with Gasteiger partial charge in [-0.15, -0.1) is 0 Å². The van der Waals surface area contributed by atoms with Crippen LogP contribution in [0.4, 0.5) is 20.2 Å². The Hall–Kier alpha value is -2.88. The molecule has 0 atom stereocenters. The summed E-state index contributed by atoms with van der Waals surface area (Å²) >= 11 is 0. The van der Waals surface area contributed by atoms with E-state index in [1.165, 1.54) is 36.4 Å². The van der Waals surface area contributed by atoms with E-state index in [4.69, 9.17) is 0 Å². The summed E-state index contributed by atoms with van der Waals surface area (Å²) in [6.45, 7) is 0. The molecular formula is C15H12F2N2O5S. The number of carbonyl (C=O) groups excluding carboxylic acids is 1. The Bertz CT molecular complexity index is 916. The molecule has 7 nitrogen and oxygen atoms in total. The van der Waals surface area contributed by atoms with E-state index in [2.05, 4.69) is 5.32 Å².